The molecule has 92 valence electrons. The van der Waals surface area contributed by atoms with E-state index in [4.69, 9.17) is 5.11 Å². The summed E-state index contributed by atoms with van der Waals surface area (Å²) >= 11 is 0. The van der Waals surface area contributed by atoms with E-state index in [0.29, 0.717) is 5.92 Å². The summed E-state index contributed by atoms with van der Waals surface area (Å²) < 4.78 is 0. The zero-order chi connectivity index (χ0) is 11.5. The van der Waals surface area contributed by atoms with Gasteiger partial charge in [-0.05, 0) is 51.6 Å². The van der Waals surface area contributed by atoms with E-state index in [9.17, 15) is 4.79 Å². The molecular weight excluding hydrogens is 204 g/mol. The van der Waals surface area contributed by atoms with Gasteiger partial charge in [0.1, 0.15) is 6.04 Å². The molecule has 2 fully saturated rings. The molecule has 4 heteroatoms. The Kier molecular flexibility index (Phi) is 3.82. The molecule has 0 amide bonds. The maximum absolute atomic E-state index is 11.1. The van der Waals surface area contributed by atoms with Crippen molar-refractivity contribution in [1.82, 2.24) is 10.2 Å². The van der Waals surface area contributed by atoms with Crippen molar-refractivity contribution in [2.24, 2.45) is 5.92 Å². The van der Waals surface area contributed by atoms with Crippen molar-refractivity contribution in [1.29, 1.82) is 0 Å². The summed E-state index contributed by atoms with van der Waals surface area (Å²) in [5.74, 6) is -0.311. The number of carbonyl (C=O) groups is 1. The van der Waals surface area contributed by atoms with Crippen LogP contribution in [0.4, 0.5) is 0 Å². The van der Waals surface area contributed by atoms with Gasteiger partial charge in [-0.25, -0.2) is 0 Å². The zero-order valence-electron chi connectivity index (χ0n) is 9.98. The predicted octanol–water partition coefficient (Wildman–Crippen LogP) is 0.923. The van der Waals surface area contributed by atoms with E-state index in [1.54, 1.807) is 0 Å². The minimum atomic E-state index is -0.684. The summed E-state index contributed by atoms with van der Waals surface area (Å²) in [6.45, 7) is 5.42. The normalized spacial score (nSPS) is 25.6. The summed E-state index contributed by atoms with van der Waals surface area (Å²) in [7, 11) is 0. The van der Waals surface area contributed by atoms with Crippen LogP contribution in [0.25, 0.3) is 0 Å². The maximum atomic E-state index is 11.1. The van der Waals surface area contributed by atoms with Crippen LogP contribution in [-0.2, 0) is 4.79 Å². The van der Waals surface area contributed by atoms with Gasteiger partial charge >= 0.3 is 5.97 Å². The Balaban J connectivity index is 1.75. The first kappa shape index (κ1) is 11.9. The van der Waals surface area contributed by atoms with Crippen LogP contribution < -0.4 is 5.32 Å². The second kappa shape index (κ2) is 5.15. The molecule has 1 aliphatic carbocycles. The molecule has 0 bridgehead atoms. The van der Waals surface area contributed by atoms with E-state index >= 15 is 0 Å². The van der Waals surface area contributed by atoms with Crippen LogP contribution in [0, 0.1) is 5.92 Å². The fourth-order valence-corrected chi connectivity index (χ4v) is 2.55. The van der Waals surface area contributed by atoms with Crippen molar-refractivity contribution in [2.75, 3.05) is 19.6 Å². The third kappa shape index (κ3) is 3.19. The second-order valence-electron chi connectivity index (χ2n) is 5.23. The van der Waals surface area contributed by atoms with Crippen LogP contribution in [0.15, 0.2) is 0 Å². The molecule has 2 atom stereocenters. The molecule has 0 aromatic carbocycles. The van der Waals surface area contributed by atoms with Gasteiger partial charge in [-0.15, -0.1) is 0 Å². The molecule has 0 aromatic rings. The number of nitrogens with one attached hydrogen (secondary N) is 1. The highest BCUT2D eigenvalue weighted by molar-refractivity contribution is 5.74. The Labute approximate surface area is 97.0 Å². The number of aliphatic carboxylic acids is 1. The van der Waals surface area contributed by atoms with Crippen LogP contribution >= 0.6 is 0 Å². The lowest BCUT2D eigenvalue weighted by molar-refractivity contribution is -0.140. The molecule has 0 radical (unpaired) electrons. The van der Waals surface area contributed by atoms with Crippen LogP contribution in [0.1, 0.15) is 32.6 Å². The average molecular weight is 226 g/mol. The molecule has 2 unspecified atom stereocenters. The van der Waals surface area contributed by atoms with E-state index in [2.05, 4.69) is 17.1 Å². The first-order chi connectivity index (χ1) is 7.66. The molecule has 4 nitrogen and oxygen atoms in total. The van der Waals surface area contributed by atoms with Gasteiger partial charge in [-0.2, -0.15) is 0 Å². The Morgan fingerprint density at radius 3 is 2.56 bits per heavy atom. The van der Waals surface area contributed by atoms with Crippen molar-refractivity contribution in [3.05, 3.63) is 0 Å². The van der Waals surface area contributed by atoms with Crippen molar-refractivity contribution in [3.8, 4) is 0 Å². The fourth-order valence-electron chi connectivity index (χ4n) is 2.55. The third-order valence-electron chi connectivity index (χ3n) is 3.55. The van der Waals surface area contributed by atoms with E-state index in [-0.39, 0.29) is 12.1 Å². The number of carboxylic acids is 1. The van der Waals surface area contributed by atoms with Gasteiger partial charge < -0.3 is 15.3 Å². The Hall–Kier alpha value is -0.610. The summed E-state index contributed by atoms with van der Waals surface area (Å²) in [5.41, 5.74) is 0. The lowest BCUT2D eigenvalue weighted by Gasteiger charge is -2.24. The van der Waals surface area contributed by atoms with E-state index in [1.807, 2.05) is 0 Å². The van der Waals surface area contributed by atoms with E-state index in [0.717, 1.165) is 19.4 Å². The lowest BCUT2D eigenvalue weighted by atomic mass is 10.1. The van der Waals surface area contributed by atoms with Crippen LogP contribution in [0.2, 0.25) is 0 Å². The van der Waals surface area contributed by atoms with Gasteiger partial charge in [0.25, 0.3) is 0 Å². The number of nitrogens with zero attached hydrogens (tertiary/aromatic N) is 1. The number of hydrogen-bond acceptors (Lipinski definition) is 3. The number of hydrogen-bond donors (Lipinski definition) is 2. The molecule has 1 aliphatic heterocycles. The minimum absolute atomic E-state index is 0.278. The molecule has 0 aromatic heterocycles. The minimum Gasteiger partial charge on any atom is -0.480 e. The maximum Gasteiger partial charge on any atom is 0.320 e. The van der Waals surface area contributed by atoms with Gasteiger partial charge in [-0.3, -0.25) is 4.79 Å². The highest BCUT2D eigenvalue weighted by atomic mass is 16.4. The molecule has 2 N–H and O–H groups in total. The highest BCUT2D eigenvalue weighted by Gasteiger charge is 2.36. The quantitative estimate of drug-likeness (QED) is 0.707. The zero-order valence-corrected chi connectivity index (χ0v) is 9.98. The number of carboxylic acid groups (broad SMARTS) is 1. The van der Waals surface area contributed by atoms with Gasteiger partial charge in [-0.1, -0.05) is 0 Å². The molecule has 1 heterocycles. The van der Waals surface area contributed by atoms with Crippen molar-refractivity contribution in [2.45, 2.75) is 44.7 Å². The second-order valence-corrected chi connectivity index (χ2v) is 5.23. The van der Waals surface area contributed by atoms with Gasteiger partial charge in [0.05, 0.1) is 0 Å². The Morgan fingerprint density at radius 1 is 1.44 bits per heavy atom. The third-order valence-corrected chi connectivity index (χ3v) is 3.55. The molecular formula is C12H22N2O2. The fraction of sp³-hybridized carbons (Fsp3) is 0.917. The van der Waals surface area contributed by atoms with Gasteiger partial charge in [0, 0.05) is 12.6 Å². The van der Waals surface area contributed by atoms with Gasteiger partial charge in [0.15, 0.2) is 0 Å². The Bertz CT molecular complexity index is 247. The standard InChI is InChI=1S/C12H22N2O2/c1-9(8-14-6-2-3-7-14)13-11(12(15)16)10-4-5-10/h9-11,13H,2-8H2,1H3,(H,15,16). The largest absolute Gasteiger partial charge is 0.480 e. The van der Waals surface area contributed by atoms with Crippen molar-refractivity contribution in [3.63, 3.8) is 0 Å². The summed E-state index contributed by atoms with van der Waals surface area (Å²) in [4.78, 5) is 13.5. The van der Waals surface area contributed by atoms with Crippen LogP contribution in [0.3, 0.4) is 0 Å². The molecule has 0 spiro atoms. The van der Waals surface area contributed by atoms with Crippen LogP contribution in [0.5, 0.6) is 0 Å². The van der Waals surface area contributed by atoms with E-state index in [1.165, 1.54) is 25.9 Å². The smallest absolute Gasteiger partial charge is 0.320 e. The number of rotatable bonds is 6. The monoisotopic (exact) mass is 226 g/mol. The highest BCUT2D eigenvalue weighted by Crippen LogP contribution is 2.32. The first-order valence-corrected chi connectivity index (χ1v) is 6.38. The molecule has 1 saturated heterocycles. The lowest BCUT2D eigenvalue weighted by Crippen LogP contribution is -2.47. The van der Waals surface area contributed by atoms with E-state index < -0.39 is 5.97 Å². The summed E-state index contributed by atoms with van der Waals surface area (Å²) in [5, 5.41) is 12.4. The summed E-state index contributed by atoms with van der Waals surface area (Å²) in [6, 6.07) is -0.0441. The average Bonchev–Trinajstić information content (AvgIpc) is 2.94. The van der Waals surface area contributed by atoms with Crippen molar-refractivity contribution >= 4 is 5.97 Å². The predicted molar refractivity (Wildman–Crippen MR) is 62.4 cm³/mol. The molecule has 16 heavy (non-hydrogen) atoms. The first-order valence-electron chi connectivity index (χ1n) is 6.38. The Morgan fingerprint density at radius 2 is 2.06 bits per heavy atom. The number of likely N-dealkylation sites (tertiary alicyclic amines) is 1. The topological polar surface area (TPSA) is 52.6 Å². The van der Waals surface area contributed by atoms with Gasteiger partial charge in [0.2, 0.25) is 0 Å². The van der Waals surface area contributed by atoms with Crippen LogP contribution in [-0.4, -0.2) is 47.7 Å². The molecule has 1 saturated carbocycles. The molecule has 2 aliphatic rings. The van der Waals surface area contributed by atoms with Crippen molar-refractivity contribution < 1.29 is 9.90 Å². The summed E-state index contributed by atoms with van der Waals surface area (Å²) in [6.07, 6.45) is 4.72. The SMILES string of the molecule is CC(CN1CCCC1)NC(C(=O)O)C1CC1. The molecule has 2 rings (SSSR count).